The van der Waals surface area contributed by atoms with E-state index in [2.05, 4.69) is 23.1 Å². The quantitative estimate of drug-likeness (QED) is 0.244. The van der Waals surface area contributed by atoms with Crippen molar-refractivity contribution < 1.29 is 14.3 Å². The molecule has 0 unspecified atom stereocenters. The van der Waals surface area contributed by atoms with Crippen molar-refractivity contribution in [2.24, 2.45) is 0 Å². The third kappa shape index (κ3) is 7.57. The highest BCUT2D eigenvalue weighted by atomic mass is 32.1. The van der Waals surface area contributed by atoms with Crippen LogP contribution in [0.15, 0.2) is 66.7 Å². The normalized spacial score (nSPS) is 10.5. The molecule has 0 radical (unpaired) electrons. The molecule has 3 aromatic carbocycles. The zero-order chi connectivity index (χ0) is 23.5. The molecule has 7 heteroatoms. The molecular formula is C26H29N3O3S. The van der Waals surface area contributed by atoms with E-state index in [-0.39, 0.29) is 23.3 Å². The van der Waals surface area contributed by atoms with Gasteiger partial charge in [0.25, 0.3) is 5.91 Å². The molecule has 172 valence electrons. The van der Waals surface area contributed by atoms with Gasteiger partial charge in [0, 0.05) is 5.56 Å². The van der Waals surface area contributed by atoms with Crippen LogP contribution in [0.2, 0.25) is 0 Å². The van der Waals surface area contributed by atoms with Gasteiger partial charge in [0.05, 0.1) is 13.0 Å². The molecule has 0 aliphatic carbocycles. The Morgan fingerprint density at radius 2 is 1.64 bits per heavy atom. The highest BCUT2D eigenvalue weighted by molar-refractivity contribution is 7.80. The van der Waals surface area contributed by atoms with E-state index in [1.807, 2.05) is 42.5 Å². The predicted octanol–water partition coefficient (Wildman–Crippen LogP) is 4.68. The van der Waals surface area contributed by atoms with Crippen LogP contribution in [0.5, 0.6) is 5.75 Å². The summed E-state index contributed by atoms with van der Waals surface area (Å²) in [5, 5.41) is 4.68. The minimum Gasteiger partial charge on any atom is -0.494 e. The van der Waals surface area contributed by atoms with E-state index in [4.69, 9.17) is 17.0 Å². The van der Waals surface area contributed by atoms with E-state index < -0.39 is 0 Å². The molecule has 0 aromatic heterocycles. The van der Waals surface area contributed by atoms with E-state index in [9.17, 15) is 9.59 Å². The van der Waals surface area contributed by atoms with Gasteiger partial charge in [-0.1, -0.05) is 68.7 Å². The summed E-state index contributed by atoms with van der Waals surface area (Å²) in [4.78, 5) is 24.7. The van der Waals surface area contributed by atoms with E-state index in [0.29, 0.717) is 12.2 Å². The Bertz CT molecular complexity index is 1090. The van der Waals surface area contributed by atoms with Crippen LogP contribution in [0, 0.1) is 0 Å². The Labute approximate surface area is 199 Å². The number of hydrogen-bond donors (Lipinski definition) is 3. The zero-order valence-corrected chi connectivity index (χ0v) is 19.5. The van der Waals surface area contributed by atoms with Crippen LogP contribution < -0.4 is 20.9 Å². The molecule has 0 aliphatic rings. The largest absolute Gasteiger partial charge is 0.494 e. The summed E-state index contributed by atoms with van der Waals surface area (Å²) in [6.07, 6.45) is 4.75. The summed E-state index contributed by atoms with van der Waals surface area (Å²) in [5.41, 5.74) is 6.47. The summed E-state index contributed by atoms with van der Waals surface area (Å²) in [5.74, 6) is 0.0955. The van der Waals surface area contributed by atoms with E-state index >= 15 is 0 Å². The molecule has 3 aromatic rings. The van der Waals surface area contributed by atoms with Gasteiger partial charge in [-0.3, -0.25) is 25.8 Å². The number of nitrogens with one attached hydrogen (secondary N) is 3. The van der Waals surface area contributed by atoms with Gasteiger partial charge in [-0.2, -0.15) is 0 Å². The van der Waals surface area contributed by atoms with Gasteiger partial charge in [-0.05, 0) is 59.2 Å². The Morgan fingerprint density at radius 1 is 0.879 bits per heavy atom. The molecule has 0 saturated heterocycles. The number of unbranched alkanes of at least 4 members (excludes halogenated alkanes) is 3. The number of ether oxygens (including phenoxy) is 1. The SMILES string of the molecule is CCCCCCOc1ccc(C(=O)NC(=S)NNC(=O)Cc2cccc3ccccc23)cc1. The van der Waals surface area contributed by atoms with Crippen molar-refractivity contribution in [3.8, 4) is 5.75 Å². The first-order valence-electron chi connectivity index (χ1n) is 11.2. The maximum Gasteiger partial charge on any atom is 0.257 e. The van der Waals surface area contributed by atoms with Crippen LogP contribution >= 0.6 is 12.2 Å². The van der Waals surface area contributed by atoms with Crippen molar-refractivity contribution in [2.75, 3.05) is 6.61 Å². The fourth-order valence-corrected chi connectivity index (χ4v) is 3.56. The van der Waals surface area contributed by atoms with Crippen molar-refractivity contribution in [1.29, 1.82) is 0 Å². The summed E-state index contributed by atoms with van der Waals surface area (Å²) >= 11 is 5.13. The Balaban J connectivity index is 1.42. The summed E-state index contributed by atoms with van der Waals surface area (Å²) in [7, 11) is 0. The molecule has 0 atom stereocenters. The fourth-order valence-electron chi connectivity index (χ4n) is 3.42. The summed E-state index contributed by atoms with van der Waals surface area (Å²) < 4.78 is 5.69. The molecule has 3 rings (SSSR count). The van der Waals surface area contributed by atoms with E-state index in [0.717, 1.165) is 34.9 Å². The number of hydrogen-bond acceptors (Lipinski definition) is 4. The molecule has 3 N–H and O–H groups in total. The average molecular weight is 464 g/mol. The number of amides is 2. The van der Waals surface area contributed by atoms with Gasteiger partial charge in [-0.15, -0.1) is 0 Å². The summed E-state index contributed by atoms with van der Waals surface area (Å²) in [6.45, 7) is 2.84. The topological polar surface area (TPSA) is 79.5 Å². The number of carbonyl (C=O) groups excluding carboxylic acids is 2. The van der Waals surface area contributed by atoms with E-state index in [1.54, 1.807) is 24.3 Å². The van der Waals surface area contributed by atoms with Crippen molar-refractivity contribution in [3.05, 3.63) is 77.9 Å². The maximum absolute atomic E-state index is 12.4. The van der Waals surface area contributed by atoms with Crippen LogP contribution in [-0.2, 0) is 11.2 Å². The molecule has 2 amide bonds. The average Bonchev–Trinajstić information content (AvgIpc) is 2.83. The van der Waals surface area contributed by atoms with Gasteiger partial charge in [0.15, 0.2) is 5.11 Å². The summed E-state index contributed by atoms with van der Waals surface area (Å²) in [6, 6.07) is 20.6. The van der Waals surface area contributed by atoms with Gasteiger partial charge >= 0.3 is 0 Å². The molecule has 0 bridgehead atoms. The predicted molar refractivity (Wildman–Crippen MR) is 135 cm³/mol. The smallest absolute Gasteiger partial charge is 0.257 e. The highest BCUT2D eigenvalue weighted by Crippen LogP contribution is 2.18. The fraction of sp³-hybridized carbons (Fsp3) is 0.269. The molecule has 0 spiro atoms. The lowest BCUT2D eigenvalue weighted by molar-refractivity contribution is -0.121. The number of fused-ring (bicyclic) bond motifs is 1. The van der Waals surface area contributed by atoms with Crippen molar-refractivity contribution >= 4 is 39.9 Å². The monoisotopic (exact) mass is 463 g/mol. The van der Waals surface area contributed by atoms with Gasteiger partial charge in [0.2, 0.25) is 5.91 Å². The lowest BCUT2D eigenvalue weighted by Crippen LogP contribution is -2.48. The molecule has 0 aliphatic heterocycles. The second kappa shape index (κ2) is 12.6. The van der Waals surface area contributed by atoms with Crippen molar-refractivity contribution in [2.45, 2.75) is 39.0 Å². The van der Waals surface area contributed by atoms with Gasteiger partial charge < -0.3 is 4.74 Å². The van der Waals surface area contributed by atoms with Crippen LogP contribution in [0.25, 0.3) is 10.8 Å². The number of benzene rings is 3. The Morgan fingerprint density at radius 3 is 2.42 bits per heavy atom. The second-order valence-electron chi connectivity index (χ2n) is 7.70. The van der Waals surface area contributed by atoms with Crippen molar-refractivity contribution in [3.63, 3.8) is 0 Å². The van der Waals surface area contributed by atoms with Gasteiger partial charge in [0.1, 0.15) is 5.75 Å². The molecule has 33 heavy (non-hydrogen) atoms. The molecule has 6 nitrogen and oxygen atoms in total. The highest BCUT2D eigenvalue weighted by Gasteiger charge is 2.10. The molecule has 0 fully saturated rings. The van der Waals surface area contributed by atoms with Crippen molar-refractivity contribution in [1.82, 2.24) is 16.2 Å². The van der Waals surface area contributed by atoms with Crippen LogP contribution in [-0.4, -0.2) is 23.5 Å². The second-order valence-corrected chi connectivity index (χ2v) is 8.11. The molecule has 0 saturated carbocycles. The maximum atomic E-state index is 12.4. The molecule has 0 heterocycles. The number of hydrazine groups is 1. The lowest BCUT2D eigenvalue weighted by atomic mass is 10.0. The first kappa shape index (κ1) is 24.2. The number of carbonyl (C=O) groups is 2. The zero-order valence-electron chi connectivity index (χ0n) is 18.7. The third-order valence-corrected chi connectivity index (χ3v) is 5.36. The minimum atomic E-state index is -0.370. The van der Waals surface area contributed by atoms with Crippen LogP contribution in [0.1, 0.15) is 48.5 Å². The number of rotatable bonds is 9. The lowest BCUT2D eigenvalue weighted by Gasteiger charge is -2.12. The first-order chi connectivity index (χ1) is 16.1. The van der Waals surface area contributed by atoms with Gasteiger partial charge in [-0.25, -0.2) is 0 Å². The number of thiocarbonyl (C=S) groups is 1. The first-order valence-corrected chi connectivity index (χ1v) is 11.6. The third-order valence-electron chi connectivity index (χ3n) is 5.16. The van der Waals surface area contributed by atoms with Crippen LogP contribution in [0.3, 0.4) is 0 Å². The molecular weight excluding hydrogens is 434 g/mol. The standard InChI is InChI=1S/C26H29N3O3S/c1-2-3-4-7-17-32-22-15-13-20(14-16-22)25(31)27-26(33)29-28-24(30)18-21-11-8-10-19-9-5-6-12-23(19)21/h5-6,8-16H,2-4,7,17-18H2,1H3,(H,28,30)(H2,27,29,31,33). The van der Waals surface area contributed by atoms with E-state index in [1.165, 1.54) is 12.8 Å². The minimum absolute atomic E-state index is 0.0162. The van der Waals surface area contributed by atoms with Crippen LogP contribution in [0.4, 0.5) is 0 Å². The Kier molecular flexibility index (Phi) is 9.20. The Hall–Kier alpha value is -3.45.